The maximum atomic E-state index is 13.0. The zero-order chi connectivity index (χ0) is 23.5. The number of carbonyl (C=O) groups excluding carboxylic acids is 2. The van der Waals surface area contributed by atoms with Gasteiger partial charge in [0.25, 0.3) is 5.91 Å². The molecule has 33 heavy (non-hydrogen) atoms. The number of aromatic nitrogens is 2. The van der Waals surface area contributed by atoms with Crippen molar-refractivity contribution in [3.05, 3.63) is 53.1 Å². The van der Waals surface area contributed by atoms with Crippen molar-refractivity contribution in [2.24, 2.45) is 0 Å². The molecule has 9 heteroatoms. The van der Waals surface area contributed by atoms with E-state index in [1.807, 2.05) is 32.3 Å². The Balaban J connectivity index is 1.68. The van der Waals surface area contributed by atoms with Crippen molar-refractivity contribution in [3.8, 4) is 6.07 Å². The van der Waals surface area contributed by atoms with Gasteiger partial charge in [0, 0.05) is 44.4 Å². The molecule has 172 valence electrons. The number of nitrogens with one attached hydrogen (secondary N) is 1. The van der Waals surface area contributed by atoms with Crippen LogP contribution in [0.5, 0.6) is 0 Å². The lowest BCUT2D eigenvalue weighted by atomic mass is 9.90. The van der Waals surface area contributed by atoms with E-state index in [0.29, 0.717) is 18.8 Å². The molecule has 2 aliphatic rings. The number of anilines is 1. The first-order valence-electron chi connectivity index (χ1n) is 11.2. The van der Waals surface area contributed by atoms with Crippen LogP contribution in [0.3, 0.4) is 0 Å². The summed E-state index contributed by atoms with van der Waals surface area (Å²) in [7, 11) is 3.65. The summed E-state index contributed by atoms with van der Waals surface area (Å²) in [6, 6.07) is 8.07. The van der Waals surface area contributed by atoms with Crippen molar-refractivity contribution in [2.75, 3.05) is 32.5 Å². The highest BCUT2D eigenvalue weighted by atomic mass is 32.1. The Bertz CT molecular complexity index is 1130. The second-order valence-corrected chi connectivity index (χ2v) is 9.17. The second kappa shape index (κ2) is 9.71. The number of allylic oxidation sites excluding steroid dienone is 2. The van der Waals surface area contributed by atoms with E-state index >= 15 is 0 Å². The number of urea groups is 1. The molecule has 1 aromatic carbocycles. The monoisotopic (exact) mass is 464 g/mol. The predicted molar refractivity (Wildman–Crippen MR) is 130 cm³/mol. The van der Waals surface area contributed by atoms with Crippen LogP contribution in [-0.2, 0) is 0 Å². The largest absolute Gasteiger partial charge is 0.327 e. The van der Waals surface area contributed by atoms with Crippen molar-refractivity contribution in [3.63, 3.8) is 0 Å². The van der Waals surface area contributed by atoms with Crippen LogP contribution in [0.15, 0.2) is 30.5 Å². The van der Waals surface area contributed by atoms with Crippen LogP contribution in [0.25, 0.3) is 5.57 Å². The van der Waals surface area contributed by atoms with Gasteiger partial charge in [0.2, 0.25) is 5.82 Å². The molecule has 3 amide bonds. The Kier molecular flexibility index (Phi) is 6.75. The second-order valence-electron chi connectivity index (χ2n) is 8.73. The van der Waals surface area contributed by atoms with E-state index in [-0.39, 0.29) is 23.5 Å². The lowest BCUT2D eigenvalue weighted by Gasteiger charge is -2.36. The molecule has 4 rings (SSSR count). The first kappa shape index (κ1) is 22.9. The van der Waals surface area contributed by atoms with E-state index in [9.17, 15) is 9.59 Å². The number of hydrogen-bond donors (Lipinski definition) is 2. The standard InChI is InChI=1S/C24H28N6O2S/c1-28-13-18(14-29(2)24(28)32)17-9-10-21(20(11-17)16-7-5-3-4-6-8-16)27-23(31)22-26-19(12-25)15-30(22)33/h7,9-11,15,18,33H,3-6,8,13-14H2,1-2H3,(H,27,31). The summed E-state index contributed by atoms with van der Waals surface area (Å²) >= 11 is 4.22. The minimum atomic E-state index is -0.419. The lowest BCUT2D eigenvalue weighted by Crippen LogP contribution is -2.48. The SMILES string of the molecule is CN1CC(c2ccc(NC(=O)c3nc(C#N)cn3S)c(C3=CCCCCC3)c2)CN(C)C1=O. The number of thiol groups is 1. The van der Waals surface area contributed by atoms with Gasteiger partial charge >= 0.3 is 6.03 Å². The average Bonchev–Trinajstić information content (AvgIpc) is 2.99. The summed E-state index contributed by atoms with van der Waals surface area (Å²) < 4.78 is 1.26. The highest BCUT2D eigenvalue weighted by Crippen LogP contribution is 2.35. The Labute approximate surface area is 199 Å². The number of hydrogen-bond acceptors (Lipinski definition) is 5. The van der Waals surface area contributed by atoms with Crippen molar-refractivity contribution in [1.82, 2.24) is 18.8 Å². The third-order valence-corrected chi connectivity index (χ3v) is 6.60. The molecular formula is C24H28N6O2S. The molecule has 1 aliphatic heterocycles. The van der Waals surface area contributed by atoms with E-state index in [4.69, 9.17) is 5.26 Å². The van der Waals surface area contributed by atoms with E-state index < -0.39 is 5.91 Å². The molecule has 2 heterocycles. The summed E-state index contributed by atoms with van der Waals surface area (Å²) in [4.78, 5) is 32.7. The number of nitrogens with zero attached hydrogens (tertiary/aromatic N) is 5. The molecule has 2 aromatic rings. The van der Waals surface area contributed by atoms with Gasteiger partial charge in [0.05, 0.1) is 6.20 Å². The van der Waals surface area contributed by atoms with Gasteiger partial charge in [-0.2, -0.15) is 5.26 Å². The number of benzene rings is 1. The fourth-order valence-electron chi connectivity index (χ4n) is 4.59. The fourth-order valence-corrected chi connectivity index (χ4v) is 4.83. The highest BCUT2D eigenvalue weighted by molar-refractivity contribution is 7.78. The van der Waals surface area contributed by atoms with Crippen LogP contribution in [0, 0.1) is 11.3 Å². The maximum Gasteiger partial charge on any atom is 0.319 e. The minimum Gasteiger partial charge on any atom is -0.327 e. The number of likely N-dealkylation sites (N-methyl/N-ethyl adjacent to an activating group) is 2. The van der Waals surface area contributed by atoms with Crippen LogP contribution in [0.1, 0.15) is 65.5 Å². The molecule has 1 aromatic heterocycles. The van der Waals surface area contributed by atoms with E-state index in [2.05, 4.69) is 35.3 Å². The number of imidazole rings is 1. The zero-order valence-electron chi connectivity index (χ0n) is 18.9. The Morgan fingerprint density at radius 2 is 1.97 bits per heavy atom. The summed E-state index contributed by atoms with van der Waals surface area (Å²) in [5, 5.41) is 12.1. The molecule has 0 atom stereocenters. The summed E-state index contributed by atoms with van der Waals surface area (Å²) in [5.41, 5.74) is 4.22. The first-order valence-corrected chi connectivity index (χ1v) is 11.6. The maximum absolute atomic E-state index is 13.0. The van der Waals surface area contributed by atoms with Crippen LogP contribution in [-0.4, -0.2) is 57.9 Å². The molecule has 1 saturated heterocycles. The Morgan fingerprint density at radius 3 is 2.67 bits per heavy atom. The van der Waals surface area contributed by atoms with E-state index in [0.717, 1.165) is 30.4 Å². The van der Waals surface area contributed by atoms with Gasteiger partial charge in [0.15, 0.2) is 5.69 Å². The molecule has 0 radical (unpaired) electrons. The Morgan fingerprint density at radius 1 is 1.21 bits per heavy atom. The summed E-state index contributed by atoms with van der Waals surface area (Å²) in [5.74, 6) is -0.173. The van der Waals surface area contributed by atoms with Crippen molar-refractivity contribution >= 4 is 36.0 Å². The minimum absolute atomic E-state index is 0.0285. The topological polar surface area (TPSA) is 94.3 Å². The fraction of sp³-hybridized carbons (Fsp3) is 0.417. The lowest BCUT2D eigenvalue weighted by molar-refractivity contribution is 0.101. The third-order valence-electron chi connectivity index (χ3n) is 6.30. The van der Waals surface area contributed by atoms with Crippen LogP contribution in [0.4, 0.5) is 10.5 Å². The molecule has 1 N–H and O–H groups in total. The quantitative estimate of drug-likeness (QED) is 0.666. The normalized spacial score (nSPS) is 17.4. The zero-order valence-corrected chi connectivity index (χ0v) is 19.8. The summed E-state index contributed by atoms with van der Waals surface area (Å²) in [6.45, 7) is 1.31. The number of amides is 3. The summed E-state index contributed by atoms with van der Waals surface area (Å²) in [6.07, 6.45) is 9.12. The molecule has 0 unspecified atom stereocenters. The highest BCUT2D eigenvalue weighted by Gasteiger charge is 2.29. The van der Waals surface area contributed by atoms with Crippen molar-refractivity contribution in [1.29, 1.82) is 5.26 Å². The van der Waals surface area contributed by atoms with E-state index in [1.54, 1.807) is 9.80 Å². The molecule has 1 aliphatic carbocycles. The van der Waals surface area contributed by atoms with Gasteiger partial charge in [-0.1, -0.05) is 31.4 Å². The van der Waals surface area contributed by atoms with Crippen molar-refractivity contribution in [2.45, 2.75) is 38.0 Å². The van der Waals surface area contributed by atoms with Gasteiger partial charge < -0.3 is 15.1 Å². The van der Waals surface area contributed by atoms with Gasteiger partial charge in [-0.3, -0.25) is 8.77 Å². The van der Waals surface area contributed by atoms with Crippen LogP contribution in [0.2, 0.25) is 0 Å². The van der Waals surface area contributed by atoms with Gasteiger partial charge in [0.1, 0.15) is 6.07 Å². The molecule has 8 nitrogen and oxygen atoms in total. The van der Waals surface area contributed by atoms with Gasteiger partial charge in [-0.25, -0.2) is 9.78 Å². The first-order chi connectivity index (χ1) is 15.9. The molecule has 0 bridgehead atoms. The van der Waals surface area contributed by atoms with Crippen LogP contribution < -0.4 is 5.32 Å². The Hall–Kier alpha value is -3.25. The van der Waals surface area contributed by atoms with Crippen molar-refractivity contribution < 1.29 is 9.59 Å². The number of carbonyl (C=O) groups is 2. The number of rotatable bonds is 4. The smallest absolute Gasteiger partial charge is 0.319 e. The molecular weight excluding hydrogens is 436 g/mol. The molecule has 1 fully saturated rings. The number of nitriles is 1. The third kappa shape index (κ3) is 4.91. The molecule has 0 saturated carbocycles. The van der Waals surface area contributed by atoms with Crippen LogP contribution >= 0.6 is 12.8 Å². The van der Waals surface area contributed by atoms with Gasteiger partial charge in [-0.05, 0) is 49.0 Å². The average molecular weight is 465 g/mol. The molecule has 0 spiro atoms. The predicted octanol–water partition coefficient (Wildman–Crippen LogP) is 4.13. The van der Waals surface area contributed by atoms with E-state index in [1.165, 1.54) is 28.6 Å². The van der Waals surface area contributed by atoms with Gasteiger partial charge in [-0.15, -0.1) is 0 Å².